The molecule has 9 heavy (non-hydrogen) atoms. The summed E-state index contributed by atoms with van der Waals surface area (Å²) in [7, 11) is 1.68. The van der Waals surface area contributed by atoms with Crippen LogP contribution in [0.3, 0.4) is 0 Å². The maximum atomic E-state index is 8.68. The largest absolute Gasteiger partial charge is 0.396 e. The van der Waals surface area contributed by atoms with Gasteiger partial charge in [0, 0.05) is 20.3 Å². The van der Waals surface area contributed by atoms with Gasteiger partial charge in [-0.25, -0.2) is 0 Å². The Morgan fingerprint density at radius 2 is 1.89 bits per heavy atom. The van der Waals surface area contributed by atoms with Gasteiger partial charge in [-0.05, 0) is 11.8 Å². The Morgan fingerprint density at radius 3 is 2.22 bits per heavy atom. The van der Waals surface area contributed by atoms with E-state index in [4.69, 9.17) is 9.84 Å². The van der Waals surface area contributed by atoms with Crippen LogP contribution in [-0.4, -0.2) is 25.4 Å². The van der Waals surface area contributed by atoms with Crippen LogP contribution in [0.4, 0.5) is 0 Å². The molecule has 2 atom stereocenters. The van der Waals surface area contributed by atoms with Gasteiger partial charge in [-0.3, -0.25) is 0 Å². The zero-order valence-corrected chi connectivity index (χ0v) is 6.42. The molecule has 0 fully saturated rings. The molecule has 0 spiro atoms. The second-order valence-corrected chi connectivity index (χ2v) is 2.59. The van der Waals surface area contributed by atoms with Gasteiger partial charge < -0.3 is 9.84 Å². The number of aliphatic hydroxyl groups excluding tert-OH is 1. The van der Waals surface area contributed by atoms with Gasteiger partial charge in [0.1, 0.15) is 0 Å². The Labute approximate surface area is 56.8 Å². The molecule has 0 radical (unpaired) electrons. The van der Waals surface area contributed by atoms with Crippen molar-refractivity contribution in [2.45, 2.75) is 13.8 Å². The molecule has 2 unspecified atom stereocenters. The monoisotopic (exact) mass is 132 g/mol. The Kier molecular flexibility index (Phi) is 4.72. The summed E-state index contributed by atoms with van der Waals surface area (Å²) >= 11 is 0. The molecule has 0 aliphatic heterocycles. The highest BCUT2D eigenvalue weighted by molar-refractivity contribution is 4.58. The van der Waals surface area contributed by atoms with E-state index < -0.39 is 0 Å². The normalized spacial score (nSPS) is 17.3. The molecule has 56 valence electrons. The van der Waals surface area contributed by atoms with Gasteiger partial charge in [-0.15, -0.1) is 0 Å². The number of aliphatic hydroxyl groups is 1. The van der Waals surface area contributed by atoms with E-state index in [1.54, 1.807) is 7.11 Å². The van der Waals surface area contributed by atoms with Crippen molar-refractivity contribution in [1.29, 1.82) is 0 Å². The highest BCUT2D eigenvalue weighted by Crippen LogP contribution is 2.08. The Hall–Kier alpha value is -0.0800. The third-order valence-corrected chi connectivity index (χ3v) is 1.69. The first-order chi connectivity index (χ1) is 4.22. The molecular formula is C7H16O2. The van der Waals surface area contributed by atoms with Gasteiger partial charge in [-0.2, -0.15) is 0 Å². The summed E-state index contributed by atoms with van der Waals surface area (Å²) in [6.07, 6.45) is 0. The lowest BCUT2D eigenvalue weighted by atomic mass is 9.98. The predicted octanol–water partition coefficient (Wildman–Crippen LogP) is 0.897. The standard InChI is InChI=1S/C7H16O2/c1-6(4-8)7(2)5-9-3/h6-8H,4-5H2,1-3H3. The summed E-state index contributed by atoms with van der Waals surface area (Å²) in [6.45, 7) is 5.08. The molecule has 1 N–H and O–H groups in total. The zero-order valence-electron chi connectivity index (χ0n) is 6.42. The van der Waals surface area contributed by atoms with Crippen LogP contribution in [-0.2, 0) is 4.74 Å². The number of methoxy groups -OCH3 is 1. The molecule has 0 aliphatic rings. The van der Waals surface area contributed by atoms with E-state index in [-0.39, 0.29) is 6.61 Å². The van der Waals surface area contributed by atoms with Crippen LogP contribution in [0, 0.1) is 11.8 Å². The van der Waals surface area contributed by atoms with Crippen LogP contribution in [0.25, 0.3) is 0 Å². The van der Waals surface area contributed by atoms with Gasteiger partial charge in [0.05, 0.1) is 0 Å². The lowest BCUT2D eigenvalue weighted by Gasteiger charge is -2.15. The highest BCUT2D eigenvalue weighted by Gasteiger charge is 2.09. The molecule has 0 saturated heterocycles. The Morgan fingerprint density at radius 1 is 1.33 bits per heavy atom. The van der Waals surface area contributed by atoms with E-state index >= 15 is 0 Å². The molecule has 0 aromatic carbocycles. The molecule has 0 amide bonds. The summed E-state index contributed by atoms with van der Waals surface area (Å²) in [6, 6.07) is 0. The fourth-order valence-electron chi connectivity index (χ4n) is 0.607. The third-order valence-electron chi connectivity index (χ3n) is 1.69. The molecule has 0 aromatic rings. The van der Waals surface area contributed by atoms with Gasteiger partial charge in [-0.1, -0.05) is 13.8 Å². The molecule has 0 saturated carbocycles. The van der Waals surface area contributed by atoms with Crippen molar-refractivity contribution in [3.63, 3.8) is 0 Å². The Bertz CT molecular complexity index is 63.9. The van der Waals surface area contributed by atoms with E-state index in [0.717, 1.165) is 6.61 Å². The fourth-order valence-corrected chi connectivity index (χ4v) is 0.607. The molecule has 0 aromatic heterocycles. The first-order valence-electron chi connectivity index (χ1n) is 3.32. The molecule has 0 aliphatic carbocycles. The van der Waals surface area contributed by atoms with E-state index in [9.17, 15) is 0 Å². The van der Waals surface area contributed by atoms with Gasteiger partial charge in [0.25, 0.3) is 0 Å². The maximum absolute atomic E-state index is 8.68. The average Bonchev–Trinajstić information content (AvgIpc) is 1.87. The zero-order chi connectivity index (χ0) is 7.28. The minimum absolute atomic E-state index is 0.254. The van der Waals surface area contributed by atoms with E-state index in [1.165, 1.54) is 0 Å². The number of rotatable bonds is 4. The molecule has 2 heteroatoms. The summed E-state index contributed by atoms with van der Waals surface area (Å²) in [5.41, 5.74) is 0. The second kappa shape index (κ2) is 4.77. The summed E-state index contributed by atoms with van der Waals surface area (Å²) in [5, 5.41) is 8.68. The van der Waals surface area contributed by atoms with E-state index in [2.05, 4.69) is 6.92 Å². The smallest absolute Gasteiger partial charge is 0.0491 e. The average molecular weight is 132 g/mol. The van der Waals surface area contributed by atoms with Crippen molar-refractivity contribution >= 4 is 0 Å². The van der Waals surface area contributed by atoms with Crippen LogP contribution in [0.5, 0.6) is 0 Å². The quantitative estimate of drug-likeness (QED) is 0.615. The lowest BCUT2D eigenvalue weighted by Crippen LogP contribution is -2.16. The molecule has 0 heterocycles. The molecule has 2 nitrogen and oxygen atoms in total. The second-order valence-electron chi connectivity index (χ2n) is 2.59. The summed E-state index contributed by atoms with van der Waals surface area (Å²) < 4.78 is 4.92. The third kappa shape index (κ3) is 3.49. The lowest BCUT2D eigenvalue weighted by molar-refractivity contribution is 0.106. The summed E-state index contributed by atoms with van der Waals surface area (Å²) in [5.74, 6) is 0.810. The van der Waals surface area contributed by atoms with Crippen LogP contribution in [0.2, 0.25) is 0 Å². The van der Waals surface area contributed by atoms with Crippen molar-refractivity contribution in [3.8, 4) is 0 Å². The summed E-state index contributed by atoms with van der Waals surface area (Å²) in [4.78, 5) is 0. The molecular weight excluding hydrogens is 116 g/mol. The van der Waals surface area contributed by atoms with Gasteiger partial charge >= 0.3 is 0 Å². The fraction of sp³-hybridized carbons (Fsp3) is 1.00. The van der Waals surface area contributed by atoms with Gasteiger partial charge in [0.2, 0.25) is 0 Å². The van der Waals surface area contributed by atoms with Crippen molar-refractivity contribution in [2.75, 3.05) is 20.3 Å². The van der Waals surface area contributed by atoms with Crippen LogP contribution >= 0.6 is 0 Å². The first-order valence-corrected chi connectivity index (χ1v) is 3.32. The minimum Gasteiger partial charge on any atom is -0.396 e. The van der Waals surface area contributed by atoms with Crippen LogP contribution in [0.15, 0.2) is 0 Å². The van der Waals surface area contributed by atoms with Crippen molar-refractivity contribution < 1.29 is 9.84 Å². The maximum Gasteiger partial charge on any atom is 0.0491 e. The number of ether oxygens (including phenoxy) is 1. The molecule has 0 rings (SSSR count). The van der Waals surface area contributed by atoms with E-state index in [0.29, 0.717) is 11.8 Å². The predicted molar refractivity (Wildman–Crippen MR) is 37.3 cm³/mol. The molecule has 0 bridgehead atoms. The van der Waals surface area contributed by atoms with Crippen LogP contribution in [0.1, 0.15) is 13.8 Å². The van der Waals surface area contributed by atoms with Crippen molar-refractivity contribution in [2.24, 2.45) is 11.8 Å². The SMILES string of the molecule is COCC(C)C(C)CO. The first kappa shape index (κ1) is 8.92. The van der Waals surface area contributed by atoms with Crippen LogP contribution < -0.4 is 0 Å². The topological polar surface area (TPSA) is 29.5 Å². The number of hydrogen-bond acceptors (Lipinski definition) is 2. The highest BCUT2D eigenvalue weighted by atomic mass is 16.5. The Balaban J connectivity index is 3.32. The van der Waals surface area contributed by atoms with E-state index in [1.807, 2.05) is 6.92 Å². The van der Waals surface area contributed by atoms with Gasteiger partial charge in [0.15, 0.2) is 0 Å². The minimum atomic E-state index is 0.254. The number of hydrogen-bond donors (Lipinski definition) is 1. The van der Waals surface area contributed by atoms with Crippen molar-refractivity contribution in [3.05, 3.63) is 0 Å². The van der Waals surface area contributed by atoms with Crippen molar-refractivity contribution in [1.82, 2.24) is 0 Å².